The van der Waals surface area contributed by atoms with Crippen LogP contribution in [0.15, 0.2) is 24.5 Å². The van der Waals surface area contributed by atoms with Crippen molar-refractivity contribution in [2.45, 2.75) is 12.8 Å². The molecule has 1 amide bonds. The lowest BCUT2D eigenvalue weighted by Gasteiger charge is -2.29. The Morgan fingerprint density at radius 3 is 2.94 bits per heavy atom. The van der Waals surface area contributed by atoms with Crippen LogP contribution in [0, 0.1) is 17.2 Å². The fourth-order valence-electron chi connectivity index (χ4n) is 1.94. The molecular formula is C12H13N3O. The van der Waals surface area contributed by atoms with Crippen molar-refractivity contribution in [2.75, 3.05) is 13.1 Å². The zero-order valence-electron chi connectivity index (χ0n) is 8.97. The van der Waals surface area contributed by atoms with E-state index in [4.69, 9.17) is 5.26 Å². The van der Waals surface area contributed by atoms with Crippen molar-refractivity contribution in [3.8, 4) is 6.07 Å². The van der Waals surface area contributed by atoms with Crippen LogP contribution in [-0.2, 0) is 0 Å². The molecule has 1 aromatic rings. The smallest absolute Gasteiger partial charge is 0.254 e. The Kier molecular flexibility index (Phi) is 3.16. The summed E-state index contributed by atoms with van der Waals surface area (Å²) in [6, 6.07) is 5.65. The summed E-state index contributed by atoms with van der Waals surface area (Å²) in [5, 5.41) is 8.86. The van der Waals surface area contributed by atoms with E-state index in [0.29, 0.717) is 12.1 Å². The number of pyridine rings is 1. The summed E-state index contributed by atoms with van der Waals surface area (Å²) in [5.74, 6) is -0.0121. The quantitative estimate of drug-likeness (QED) is 0.712. The average Bonchev–Trinajstić information content (AvgIpc) is 2.39. The molecule has 2 rings (SSSR count). The van der Waals surface area contributed by atoms with Gasteiger partial charge in [0.1, 0.15) is 0 Å². The van der Waals surface area contributed by atoms with Gasteiger partial charge in [-0.3, -0.25) is 9.78 Å². The van der Waals surface area contributed by atoms with Gasteiger partial charge in [0.15, 0.2) is 0 Å². The maximum Gasteiger partial charge on any atom is 0.254 e. The van der Waals surface area contributed by atoms with Gasteiger partial charge < -0.3 is 4.90 Å². The molecule has 2 heterocycles. The molecule has 0 aliphatic carbocycles. The minimum absolute atomic E-state index is 0.00218. The molecule has 1 fully saturated rings. The van der Waals surface area contributed by atoms with E-state index >= 15 is 0 Å². The van der Waals surface area contributed by atoms with Crippen LogP contribution in [0.4, 0.5) is 0 Å². The predicted octanol–water partition coefficient (Wildman–Crippen LogP) is 1.46. The first-order valence-corrected chi connectivity index (χ1v) is 5.40. The van der Waals surface area contributed by atoms with Crippen LogP contribution in [0.25, 0.3) is 0 Å². The zero-order valence-corrected chi connectivity index (χ0v) is 8.97. The van der Waals surface area contributed by atoms with Gasteiger partial charge in [-0.25, -0.2) is 0 Å². The van der Waals surface area contributed by atoms with Crippen LogP contribution >= 0.6 is 0 Å². The van der Waals surface area contributed by atoms with Crippen molar-refractivity contribution in [1.82, 2.24) is 9.88 Å². The lowest BCUT2D eigenvalue weighted by Crippen LogP contribution is -2.39. The van der Waals surface area contributed by atoms with Gasteiger partial charge in [0.2, 0.25) is 0 Å². The van der Waals surface area contributed by atoms with E-state index in [1.54, 1.807) is 29.4 Å². The molecule has 0 aromatic carbocycles. The van der Waals surface area contributed by atoms with Crippen LogP contribution in [0.3, 0.4) is 0 Å². The molecule has 4 heteroatoms. The second kappa shape index (κ2) is 4.75. The number of amides is 1. The molecule has 1 aromatic heterocycles. The monoisotopic (exact) mass is 215 g/mol. The highest BCUT2D eigenvalue weighted by atomic mass is 16.2. The first-order valence-electron chi connectivity index (χ1n) is 5.40. The number of carbonyl (C=O) groups is 1. The fourth-order valence-corrected chi connectivity index (χ4v) is 1.94. The third-order valence-electron chi connectivity index (χ3n) is 2.82. The molecular weight excluding hydrogens is 202 g/mol. The minimum atomic E-state index is -0.0143. The summed E-state index contributed by atoms with van der Waals surface area (Å²) in [4.78, 5) is 17.7. The number of carbonyl (C=O) groups excluding carboxylic acids is 1. The number of nitriles is 1. The van der Waals surface area contributed by atoms with Crippen LogP contribution in [0.2, 0.25) is 0 Å². The first kappa shape index (κ1) is 10.6. The van der Waals surface area contributed by atoms with Gasteiger partial charge >= 0.3 is 0 Å². The third-order valence-corrected chi connectivity index (χ3v) is 2.82. The van der Waals surface area contributed by atoms with Gasteiger partial charge in [-0.1, -0.05) is 0 Å². The molecule has 1 aliphatic rings. The van der Waals surface area contributed by atoms with Crippen LogP contribution in [-0.4, -0.2) is 28.9 Å². The number of hydrogen-bond acceptors (Lipinski definition) is 3. The largest absolute Gasteiger partial charge is 0.337 e. The highest BCUT2D eigenvalue weighted by Gasteiger charge is 2.23. The van der Waals surface area contributed by atoms with Gasteiger partial charge in [-0.2, -0.15) is 5.26 Å². The average molecular weight is 215 g/mol. The second-order valence-electron chi connectivity index (χ2n) is 3.96. The summed E-state index contributed by atoms with van der Waals surface area (Å²) in [6.07, 6.45) is 5.03. The summed E-state index contributed by atoms with van der Waals surface area (Å²) in [5.41, 5.74) is 0.647. The molecule has 1 unspecified atom stereocenters. The molecule has 0 N–H and O–H groups in total. The normalized spacial score (nSPS) is 20.2. The van der Waals surface area contributed by atoms with Crippen molar-refractivity contribution in [1.29, 1.82) is 5.26 Å². The Bertz CT molecular complexity index is 410. The van der Waals surface area contributed by atoms with E-state index in [0.717, 1.165) is 19.4 Å². The first-order chi connectivity index (χ1) is 7.81. The van der Waals surface area contributed by atoms with Crippen molar-refractivity contribution in [2.24, 2.45) is 5.92 Å². The van der Waals surface area contributed by atoms with Gasteiger partial charge in [0.05, 0.1) is 12.0 Å². The molecule has 1 atom stereocenters. The van der Waals surface area contributed by atoms with E-state index in [1.807, 2.05) is 0 Å². The lowest BCUT2D eigenvalue weighted by molar-refractivity contribution is 0.0698. The van der Waals surface area contributed by atoms with E-state index in [-0.39, 0.29) is 11.8 Å². The number of nitrogens with zero attached hydrogens (tertiary/aromatic N) is 3. The summed E-state index contributed by atoms with van der Waals surface area (Å²) in [6.45, 7) is 1.30. The highest BCUT2D eigenvalue weighted by molar-refractivity contribution is 5.94. The van der Waals surface area contributed by atoms with Gasteiger partial charge in [0, 0.05) is 31.0 Å². The molecule has 1 aliphatic heterocycles. The van der Waals surface area contributed by atoms with Gasteiger partial charge in [0.25, 0.3) is 5.91 Å². The number of piperidine rings is 1. The summed E-state index contributed by atoms with van der Waals surface area (Å²) < 4.78 is 0. The van der Waals surface area contributed by atoms with E-state index in [1.165, 1.54) is 0 Å². The second-order valence-corrected chi connectivity index (χ2v) is 3.96. The zero-order chi connectivity index (χ0) is 11.4. The standard InChI is InChI=1S/C12H13N3O/c13-8-10-2-1-7-15(9-10)12(16)11-3-5-14-6-4-11/h3-6,10H,1-2,7,9H2. The van der Waals surface area contributed by atoms with Crippen molar-refractivity contribution in [3.63, 3.8) is 0 Å². The Morgan fingerprint density at radius 2 is 2.25 bits per heavy atom. The Labute approximate surface area is 94.5 Å². The van der Waals surface area contributed by atoms with Gasteiger partial charge in [-0.15, -0.1) is 0 Å². The molecule has 4 nitrogen and oxygen atoms in total. The maximum atomic E-state index is 12.0. The summed E-state index contributed by atoms with van der Waals surface area (Å²) >= 11 is 0. The van der Waals surface area contributed by atoms with Crippen molar-refractivity contribution in [3.05, 3.63) is 30.1 Å². The van der Waals surface area contributed by atoms with E-state index in [2.05, 4.69) is 11.1 Å². The van der Waals surface area contributed by atoms with Crippen LogP contribution in [0.1, 0.15) is 23.2 Å². The fraction of sp³-hybridized carbons (Fsp3) is 0.417. The number of rotatable bonds is 1. The van der Waals surface area contributed by atoms with Crippen molar-refractivity contribution >= 4 is 5.91 Å². The Balaban J connectivity index is 2.08. The maximum absolute atomic E-state index is 12.0. The molecule has 0 spiro atoms. The highest BCUT2D eigenvalue weighted by Crippen LogP contribution is 2.17. The minimum Gasteiger partial charge on any atom is -0.337 e. The predicted molar refractivity (Wildman–Crippen MR) is 58.5 cm³/mol. The van der Waals surface area contributed by atoms with E-state index < -0.39 is 0 Å². The molecule has 0 radical (unpaired) electrons. The SMILES string of the molecule is N#CC1CCCN(C(=O)c2ccncc2)C1. The number of aromatic nitrogens is 1. The Hall–Kier alpha value is -1.89. The molecule has 0 bridgehead atoms. The Morgan fingerprint density at radius 1 is 1.50 bits per heavy atom. The van der Waals surface area contributed by atoms with E-state index in [9.17, 15) is 4.79 Å². The number of likely N-dealkylation sites (tertiary alicyclic amines) is 1. The summed E-state index contributed by atoms with van der Waals surface area (Å²) in [7, 11) is 0. The van der Waals surface area contributed by atoms with Crippen molar-refractivity contribution < 1.29 is 4.79 Å². The third kappa shape index (κ3) is 2.19. The molecule has 82 valence electrons. The van der Waals surface area contributed by atoms with Gasteiger partial charge in [-0.05, 0) is 25.0 Å². The number of hydrogen-bond donors (Lipinski definition) is 0. The molecule has 0 saturated carbocycles. The van der Waals surface area contributed by atoms with Crippen LogP contribution < -0.4 is 0 Å². The van der Waals surface area contributed by atoms with Crippen LogP contribution in [0.5, 0.6) is 0 Å². The molecule has 16 heavy (non-hydrogen) atoms. The topological polar surface area (TPSA) is 57.0 Å². The molecule has 1 saturated heterocycles. The lowest BCUT2D eigenvalue weighted by atomic mass is 9.99.